The fourth-order valence-corrected chi connectivity index (χ4v) is 2.16. The lowest BCUT2D eigenvalue weighted by molar-refractivity contribution is -0.122. The lowest BCUT2D eigenvalue weighted by Crippen LogP contribution is -2.27. The van der Waals surface area contributed by atoms with Gasteiger partial charge in [-0.15, -0.1) is 0 Å². The Morgan fingerprint density at radius 1 is 1.59 bits per heavy atom. The van der Waals surface area contributed by atoms with Gasteiger partial charge in [0, 0.05) is 6.42 Å². The fraction of sp³-hybridized carbons (Fsp3) is 0.500. The van der Waals surface area contributed by atoms with Gasteiger partial charge in [-0.2, -0.15) is 0 Å². The van der Waals surface area contributed by atoms with Crippen molar-refractivity contribution in [3.63, 3.8) is 0 Å². The van der Waals surface area contributed by atoms with Gasteiger partial charge in [-0.1, -0.05) is 12.2 Å². The molecule has 1 aliphatic carbocycles. The summed E-state index contributed by atoms with van der Waals surface area (Å²) in [5, 5.41) is 2.97. The van der Waals surface area contributed by atoms with Crippen LogP contribution in [-0.2, 0) is 4.79 Å². The van der Waals surface area contributed by atoms with E-state index in [0.29, 0.717) is 12.3 Å². The normalized spacial score (nSPS) is 20.5. The first-order valence-corrected chi connectivity index (χ1v) is 6.17. The van der Waals surface area contributed by atoms with Crippen LogP contribution in [0.15, 0.2) is 28.7 Å². The Morgan fingerprint density at radius 2 is 2.41 bits per heavy atom. The third-order valence-corrected chi connectivity index (χ3v) is 3.13. The molecule has 2 rings (SSSR count). The molecule has 0 aromatic carbocycles. The molecule has 17 heavy (non-hydrogen) atoms. The molecule has 1 N–H and O–H groups in total. The van der Waals surface area contributed by atoms with E-state index >= 15 is 0 Å². The maximum absolute atomic E-state index is 11.8. The number of aryl methyl sites for hydroxylation is 1. The van der Waals surface area contributed by atoms with E-state index in [2.05, 4.69) is 17.5 Å². The van der Waals surface area contributed by atoms with Gasteiger partial charge in [0.05, 0.1) is 6.04 Å². The van der Waals surface area contributed by atoms with E-state index < -0.39 is 0 Å². The van der Waals surface area contributed by atoms with Gasteiger partial charge in [0.2, 0.25) is 5.91 Å². The molecule has 1 aliphatic rings. The van der Waals surface area contributed by atoms with Crippen molar-refractivity contribution in [1.82, 2.24) is 5.32 Å². The molecule has 3 nitrogen and oxygen atoms in total. The molecule has 0 unspecified atom stereocenters. The van der Waals surface area contributed by atoms with Crippen molar-refractivity contribution in [3.05, 3.63) is 35.8 Å². The highest BCUT2D eigenvalue weighted by molar-refractivity contribution is 5.76. The van der Waals surface area contributed by atoms with Crippen LogP contribution in [0.3, 0.4) is 0 Å². The zero-order valence-electron chi connectivity index (χ0n) is 10.4. The zero-order chi connectivity index (χ0) is 12.3. The molecule has 3 heteroatoms. The second-order valence-electron chi connectivity index (χ2n) is 4.71. The molecule has 92 valence electrons. The Hall–Kier alpha value is -1.51. The van der Waals surface area contributed by atoms with E-state index in [4.69, 9.17) is 4.42 Å². The average molecular weight is 233 g/mol. The van der Waals surface area contributed by atoms with Crippen molar-refractivity contribution in [3.8, 4) is 0 Å². The Kier molecular flexibility index (Phi) is 3.67. The van der Waals surface area contributed by atoms with Gasteiger partial charge in [0.15, 0.2) is 0 Å². The molecule has 1 aromatic heterocycles. The van der Waals surface area contributed by atoms with Gasteiger partial charge in [-0.3, -0.25) is 4.79 Å². The van der Waals surface area contributed by atoms with E-state index in [-0.39, 0.29) is 11.9 Å². The monoisotopic (exact) mass is 233 g/mol. The second kappa shape index (κ2) is 5.21. The van der Waals surface area contributed by atoms with E-state index in [1.54, 1.807) is 0 Å². The third kappa shape index (κ3) is 3.22. The summed E-state index contributed by atoms with van der Waals surface area (Å²) in [4.78, 5) is 11.8. The number of carbonyl (C=O) groups is 1. The van der Waals surface area contributed by atoms with Crippen molar-refractivity contribution >= 4 is 5.91 Å². The van der Waals surface area contributed by atoms with Crippen LogP contribution in [0.5, 0.6) is 0 Å². The fourth-order valence-electron chi connectivity index (χ4n) is 2.16. The molecule has 1 aromatic rings. The Balaban J connectivity index is 1.83. The molecule has 0 bridgehead atoms. The van der Waals surface area contributed by atoms with Gasteiger partial charge in [-0.05, 0) is 44.7 Å². The minimum Gasteiger partial charge on any atom is -0.464 e. The van der Waals surface area contributed by atoms with E-state index in [1.807, 2.05) is 26.0 Å². The number of rotatable bonds is 4. The van der Waals surface area contributed by atoms with Crippen LogP contribution in [-0.4, -0.2) is 5.91 Å². The average Bonchev–Trinajstić information content (AvgIpc) is 2.89. The maximum Gasteiger partial charge on any atom is 0.221 e. The van der Waals surface area contributed by atoms with Gasteiger partial charge in [-0.25, -0.2) is 0 Å². The summed E-state index contributed by atoms with van der Waals surface area (Å²) >= 11 is 0. The molecule has 0 saturated carbocycles. The molecule has 0 radical (unpaired) electrons. The predicted molar refractivity (Wildman–Crippen MR) is 66.5 cm³/mol. The van der Waals surface area contributed by atoms with Gasteiger partial charge >= 0.3 is 0 Å². The van der Waals surface area contributed by atoms with Crippen LogP contribution in [0.1, 0.15) is 43.7 Å². The van der Waals surface area contributed by atoms with Crippen molar-refractivity contribution in [2.45, 2.75) is 39.2 Å². The largest absolute Gasteiger partial charge is 0.464 e. The van der Waals surface area contributed by atoms with Gasteiger partial charge in [0.1, 0.15) is 11.5 Å². The summed E-state index contributed by atoms with van der Waals surface area (Å²) < 4.78 is 5.49. The van der Waals surface area contributed by atoms with E-state index in [9.17, 15) is 4.79 Å². The summed E-state index contributed by atoms with van der Waals surface area (Å²) in [5.41, 5.74) is 0. The van der Waals surface area contributed by atoms with Crippen molar-refractivity contribution < 1.29 is 9.21 Å². The number of nitrogens with one attached hydrogen (secondary N) is 1. The lowest BCUT2D eigenvalue weighted by atomic mass is 10.0. The zero-order valence-corrected chi connectivity index (χ0v) is 10.4. The summed E-state index contributed by atoms with van der Waals surface area (Å²) in [7, 11) is 0. The quantitative estimate of drug-likeness (QED) is 0.812. The Morgan fingerprint density at radius 3 is 3.00 bits per heavy atom. The molecular formula is C14H19NO2. The van der Waals surface area contributed by atoms with Crippen molar-refractivity contribution in [2.75, 3.05) is 0 Å². The summed E-state index contributed by atoms with van der Waals surface area (Å²) in [6.07, 6.45) is 7.08. The lowest BCUT2D eigenvalue weighted by Gasteiger charge is -2.13. The first-order valence-electron chi connectivity index (χ1n) is 6.17. The number of hydrogen-bond acceptors (Lipinski definition) is 2. The molecule has 0 saturated heterocycles. The van der Waals surface area contributed by atoms with Gasteiger partial charge in [0.25, 0.3) is 0 Å². The van der Waals surface area contributed by atoms with Crippen LogP contribution in [0.25, 0.3) is 0 Å². The molecular weight excluding hydrogens is 214 g/mol. The minimum absolute atomic E-state index is 0.0541. The standard InChI is InChI=1S/C14H19NO2/c1-10-7-8-13(17-10)11(2)15-14(16)9-12-5-3-4-6-12/h3,5,7-8,11-12H,4,6,9H2,1-2H3,(H,15,16)/t11-,12+/m0/s1. The summed E-state index contributed by atoms with van der Waals surface area (Å²) in [6, 6.07) is 3.77. The van der Waals surface area contributed by atoms with E-state index in [1.165, 1.54) is 0 Å². The van der Waals surface area contributed by atoms with Crippen LogP contribution < -0.4 is 5.32 Å². The number of furan rings is 1. The number of allylic oxidation sites excluding steroid dienone is 2. The van der Waals surface area contributed by atoms with Crippen molar-refractivity contribution in [1.29, 1.82) is 0 Å². The highest BCUT2D eigenvalue weighted by Crippen LogP contribution is 2.21. The first kappa shape index (κ1) is 12.0. The molecule has 0 aliphatic heterocycles. The number of hydrogen-bond donors (Lipinski definition) is 1. The van der Waals surface area contributed by atoms with Crippen molar-refractivity contribution in [2.24, 2.45) is 5.92 Å². The van der Waals surface area contributed by atoms with Crippen LogP contribution in [0, 0.1) is 12.8 Å². The summed E-state index contributed by atoms with van der Waals surface area (Å²) in [6.45, 7) is 3.85. The number of carbonyl (C=O) groups excluding carboxylic acids is 1. The number of amides is 1. The molecule has 0 spiro atoms. The first-order chi connectivity index (χ1) is 8.15. The van der Waals surface area contributed by atoms with Crippen LogP contribution in [0.2, 0.25) is 0 Å². The topological polar surface area (TPSA) is 42.2 Å². The highest BCUT2D eigenvalue weighted by Gasteiger charge is 2.17. The van der Waals surface area contributed by atoms with Crippen LogP contribution in [0.4, 0.5) is 0 Å². The highest BCUT2D eigenvalue weighted by atomic mass is 16.3. The van der Waals surface area contributed by atoms with Crippen LogP contribution >= 0.6 is 0 Å². The molecule has 0 fully saturated rings. The SMILES string of the molecule is Cc1ccc([C@H](C)NC(=O)C[C@@H]2C=CCC2)o1. The maximum atomic E-state index is 11.8. The predicted octanol–water partition coefficient (Wildman–Crippen LogP) is 3.12. The van der Waals surface area contributed by atoms with Gasteiger partial charge < -0.3 is 9.73 Å². The molecule has 2 atom stereocenters. The second-order valence-corrected chi connectivity index (χ2v) is 4.71. The molecule has 1 heterocycles. The molecule has 1 amide bonds. The summed E-state index contributed by atoms with van der Waals surface area (Å²) in [5.74, 6) is 2.21. The third-order valence-electron chi connectivity index (χ3n) is 3.13. The minimum atomic E-state index is -0.0541. The Bertz CT molecular complexity index is 420. The van der Waals surface area contributed by atoms with E-state index in [0.717, 1.165) is 24.4 Å². The Labute approximate surface area is 102 Å². The smallest absolute Gasteiger partial charge is 0.221 e.